The van der Waals surface area contributed by atoms with Crippen molar-refractivity contribution in [2.24, 2.45) is 0 Å². The van der Waals surface area contributed by atoms with E-state index < -0.39 is 14.9 Å². The topological polar surface area (TPSA) is 110 Å². The average Bonchev–Trinajstić information content (AvgIpc) is 2.74. The van der Waals surface area contributed by atoms with Crippen LogP contribution in [0.3, 0.4) is 0 Å². The zero-order chi connectivity index (χ0) is 22.8. The number of hydrogen-bond acceptors (Lipinski definition) is 6. The maximum atomic E-state index is 12.8. The molecule has 0 bridgehead atoms. The molecule has 0 N–H and O–H groups in total. The molecule has 2 aromatic rings. The molecule has 0 saturated carbocycles. The van der Waals surface area contributed by atoms with Gasteiger partial charge in [0, 0.05) is 42.8 Å². The van der Waals surface area contributed by atoms with Gasteiger partial charge in [-0.2, -0.15) is 0 Å². The summed E-state index contributed by atoms with van der Waals surface area (Å²) in [4.78, 5) is 25.1. The van der Waals surface area contributed by atoms with Gasteiger partial charge in [-0.1, -0.05) is 11.6 Å². The molecule has 0 aliphatic carbocycles. The quantitative estimate of drug-likeness (QED) is 0.474. The van der Waals surface area contributed by atoms with Crippen LogP contribution >= 0.6 is 11.6 Å². The molecule has 11 heteroatoms. The van der Waals surface area contributed by atoms with Crippen LogP contribution in [0, 0.1) is 10.1 Å². The van der Waals surface area contributed by atoms with Crippen LogP contribution in [0.4, 0.5) is 5.69 Å². The van der Waals surface area contributed by atoms with E-state index in [0.29, 0.717) is 37.2 Å². The molecule has 31 heavy (non-hydrogen) atoms. The van der Waals surface area contributed by atoms with Gasteiger partial charge in [0.25, 0.3) is 5.91 Å². The first-order chi connectivity index (χ1) is 14.6. The lowest BCUT2D eigenvalue weighted by Gasteiger charge is -2.35. The molecule has 0 spiro atoms. The molecule has 0 unspecified atom stereocenters. The molecule has 1 amide bonds. The minimum absolute atomic E-state index is 0.0468. The third kappa shape index (κ3) is 5.52. The van der Waals surface area contributed by atoms with Crippen molar-refractivity contribution in [2.45, 2.75) is 18.9 Å². The summed E-state index contributed by atoms with van der Waals surface area (Å²) in [5.74, 6) is 0.227. The van der Waals surface area contributed by atoms with E-state index in [2.05, 4.69) is 0 Å². The number of amides is 1. The first-order valence-corrected chi connectivity index (χ1v) is 11.7. The Morgan fingerprint density at radius 2 is 1.81 bits per heavy atom. The molecular formula is C20H22ClN3O6S. The molecule has 0 radical (unpaired) electrons. The summed E-state index contributed by atoms with van der Waals surface area (Å²) in [5, 5.41) is 11.4. The van der Waals surface area contributed by atoms with Crippen LogP contribution in [-0.2, 0) is 10.0 Å². The molecule has 166 valence electrons. The number of carbonyl (C=O) groups excluding carboxylic acids is 1. The van der Waals surface area contributed by atoms with E-state index in [-0.39, 0.29) is 28.4 Å². The Kier molecular flexibility index (Phi) is 6.83. The third-order valence-corrected chi connectivity index (χ3v) is 6.82. The van der Waals surface area contributed by atoms with Crippen LogP contribution in [0.15, 0.2) is 42.5 Å². The number of likely N-dealkylation sites (tertiary alicyclic amines) is 1. The zero-order valence-corrected chi connectivity index (χ0v) is 18.6. The fourth-order valence-corrected chi connectivity index (χ4v) is 4.32. The Morgan fingerprint density at radius 3 is 2.35 bits per heavy atom. The van der Waals surface area contributed by atoms with E-state index in [1.165, 1.54) is 28.8 Å². The average molecular weight is 468 g/mol. The van der Waals surface area contributed by atoms with Gasteiger partial charge < -0.3 is 9.64 Å². The number of halogens is 1. The SMILES string of the molecule is CN(C1CCN(C(=O)c2ccc(Oc3ccc(Cl)cc3[N+](=O)[O-])cc2)CC1)S(C)(=O)=O. The van der Waals surface area contributed by atoms with Crippen LogP contribution < -0.4 is 4.74 Å². The van der Waals surface area contributed by atoms with Crippen molar-refractivity contribution in [1.82, 2.24) is 9.21 Å². The molecule has 3 rings (SSSR count). The maximum Gasteiger partial charge on any atom is 0.313 e. The second-order valence-corrected chi connectivity index (χ2v) is 9.78. The van der Waals surface area contributed by atoms with Crippen LogP contribution in [0.1, 0.15) is 23.2 Å². The van der Waals surface area contributed by atoms with Crippen molar-refractivity contribution in [2.75, 3.05) is 26.4 Å². The van der Waals surface area contributed by atoms with Crippen molar-refractivity contribution in [3.8, 4) is 11.5 Å². The summed E-state index contributed by atoms with van der Waals surface area (Å²) in [6.45, 7) is 0.914. The molecule has 1 saturated heterocycles. The molecule has 9 nitrogen and oxygen atoms in total. The van der Waals surface area contributed by atoms with E-state index >= 15 is 0 Å². The molecule has 1 heterocycles. The normalized spacial score (nSPS) is 15.2. The first-order valence-electron chi connectivity index (χ1n) is 9.50. The van der Waals surface area contributed by atoms with Gasteiger partial charge in [0.2, 0.25) is 15.8 Å². The van der Waals surface area contributed by atoms with Gasteiger partial charge in [-0.15, -0.1) is 0 Å². The van der Waals surface area contributed by atoms with Crippen LogP contribution in [-0.4, -0.2) is 60.9 Å². The smallest absolute Gasteiger partial charge is 0.313 e. The summed E-state index contributed by atoms with van der Waals surface area (Å²) in [7, 11) is -1.71. The monoisotopic (exact) mass is 467 g/mol. The first kappa shape index (κ1) is 23.0. The summed E-state index contributed by atoms with van der Waals surface area (Å²) in [6, 6.07) is 10.3. The van der Waals surface area contributed by atoms with Crippen molar-refractivity contribution in [1.29, 1.82) is 0 Å². The van der Waals surface area contributed by atoms with E-state index in [9.17, 15) is 23.3 Å². The summed E-state index contributed by atoms with van der Waals surface area (Å²) in [6.07, 6.45) is 2.31. The van der Waals surface area contributed by atoms with Gasteiger partial charge in [0.05, 0.1) is 11.2 Å². The fourth-order valence-electron chi connectivity index (χ4n) is 3.40. The number of carbonyl (C=O) groups is 1. The standard InChI is InChI=1S/C20H22ClN3O6S/c1-22(31(2,28)29)16-9-11-23(12-10-16)20(25)14-3-6-17(7-4-14)30-19-8-5-15(21)13-18(19)24(26)27/h3-8,13,16H,9-12H2,1-2H3. The third-order valence-electron chi connectivity index (χ3n) is 5.24. The van der Waals surface area contributed by atoms with Crippen molar-refractivity contribution < 1.29 is 22.9 Å². The maximum absolute atomic E-state index is 12.8. The highest BCUT2D eigenvalue weighted by Gasteiger charge is 2.29. The molecule has 0 atom stereocenters. The Hall–Kier alpha value is -2.69. The molecule has 1 fully saturated rings. The van der Waals surface area contributed by atoms with Gasteiger partial charge in [0.15, 0.2) is 0 Å². The summed E-state index contributed by atoms with van der Waals surface area (Å²) < 4.78 is 30.3. The van der Waals surface area contributed by atoms with Crippen molar-refractivity contribution in [3.05, 3.63) is 63.2 Å². The van der Waals surface area contributed by atoms with Crippen LogP contribution in [0.25, 0.3) is 0 Å². The minimum Gasteiger partial charge on any atom is -0.450 e. The van der Waals surface area contributed by atoms with Gasteiger partial charge in [-0.3, -0.25) is 14.9 Å². The molecule has 0 aromatic heterocycles. The molecule has 1 aliphatic rings. The zero-order valence-electron chi connectivity index (χ0n) is 17.0. The van der Waals surface area contributed by atoms with Gasteiger partial charge in [-0.25, -0.2) is 12.7 Å². The van der Waals surface area contributed by atoms with E-state index in [0.717, 1.165) is 0 Å². The van der Waals surface area contributed by atoms with Crippen molar-refractivity contribution in [3.63, 3.8) is 0 Å². The second kappa shape index (κ2) is 9.21. The van der Waals surface area contributed by atoms with Crippen LogP contribution in [0.5, 0.6) is 11.5 Å². The Bertz CT molecular complexity index is 1080. The number of nitrogens with zero attached hydrogens (tertiary/aromatic N) is 3. The Labute approximate surface area is 185 Å². The molecular weight excluding hydrogens is 446 g/mol. The van der Waals surface area contributed by atoms with E-state index in [1.54, 1.807) is 36.2 Å². The lowest BCUT2D eigenvalue weighted by Crippen LogP contribution is -2.47. The highest BCUT2D eigenvalue weighted by molar-refractivity contribution is 7.88. The Balaban J connectivity index is 1.65. The highest BCUT2D eigenvalue weighted by atomic mass is 35.5. The number of ether oxygens (including phenoxy) is 1. The number of rotatable bonds is 6. The number of benzene rings is 2. The van der Waals surface area contributed by atoms with E-state index in [4.69, 9.17) is 16.3 Å². The second-order valence-electron chi connectivity index (χ2n) is 7.30. The lowest BCUT2D eigenvalue weighted by atomic mass is 10.0. The van der Waals surface area contributed by atoms with E-state index in [1.807, 2.05) is 0 Å². The van der Waals surface area contributed by atoms with Crippen molar-refractivity contribution >= 4 is 33.2 Å². The van der Waals surface area contributed by atoms with Gasteiger partial charge in [0.1, 0.15) is 5.75 Å². The number of piperidine rings is 1. The van der Waals surface area contributed by atoms with Crippen LogP contribution in [0.2, 0.25) is 5.02 Å². The van der Waals surface area contributed by atoms with Gasteiger partial charge >= 0.3 is 5.69 Å². The number of nitro groups is 1. The lowest BCUT2D eigenvalue weighted by molar-refractivity contribution is -0.385. The highest BCUT2D eigenvalue weighted by Crippen LogP contribution is 2.33. The molecule has 2 aromatic carbocycles. The Morgan fingerprint density at radius 1 is 1.19 bits per heavy atom. The predicted octanol–water partition coefficient (Wildman–Crippen LogP) is 3.54. The fraction of sp³-hybridized carbons (Fsp3) is 0.350. The number of nitro benzene ring substituents is 1. The largest absolute Gasteiger partial charge is 0.450 e. The molecule has 1 aliphatic heterocycles. The predicted molar refractivity (Wildman–Crippen MR) is 116 cm³/mol. The van der Waals surface area contributed by atoms with Gasteiger partial charge in [-0.05, 0) is 49.2 Å². The minimum atomic E-state index is -3.27. The summed E-state index contributed by atoms with van der Waals surface area (Å²) in [5.41, 5.74) is 0.197. The number of sulfonamides is 1. The summed E-state index contributed by atoms with van der Waals surface area (Å²) >= 11 is 5.81. The number of hydrogen-bond donors (Lipinski definition) is 0.